The van der Waals surface area contributed by atoms with Crippen molar-refractivity contribution in [1.29, 1.82) is 5.26 Å². The summed E-state index contributed by atoms with van der Waals surface area (Å²) in [5.74, 6) is -0.921. The second kappa shape index (κ2) is 9.46. The zero-order chi connectivity index (χ0) is 24.2. The minimum Gasteiger partial charge on any atom is -0.711 e. The highest BCUT2D eigenvalue weighted by molar-refractivity contribution is 5.44. The molecular weight excluding hydrogens is 441 g/mol. The monoisotopic (exact) mass is 461 g/mol. The van der Waals surface area contributed by atoms with Gasteiger partial charge in [0, 0.05) is 17.7 Å². The molecular formula is C24H20FN5O4. The van der Waals surface area contributed by atoms with Gasteiger partial charge in [-0.05, 0) is 40.9 Å². The minimum atomic E-state index is -0.769. The molecule has 0 saturated carbocycles. The van der Waals surface area contributed by atoms with E-state index in [0.717, 1.165) is 10.2 Å². The van der Waals surface area contributed by atoms with Crippen molar-refractivity contribution in [2.75, 3.05) is 14.2 Å². The van der Waals surface area contributed by atoms with Crippen molar-refractivity contribution in [3.8, 4) is 23.4 Å². The van der Waals surface area contributed by atoms with E-state index in [4.69, 9.17) is 14.7 Å². The number of pyridine rings is 1. The molecule has 9 nitrogen and oxygen atoms in total. The van der Waals surface area contributed by atoms with E-state index < -0.39 is 17.4 Å². The fourth-order valence-electron chi connectivity index (χ4n) is 3.65. The Bertz CT molecular complexity index is 1420. The largest absolute Gasteiger partial charge is 0.711 e. The van der Waals surface area contributed by atoms with Gasteiger partial charge in [-0.1, -0.05) is 23.3 Å². The number of methoxy groups -OCH3 is 2. The number of benzene rings is 2. The van der Waals surface area contributed by atoms with Crippen molar-refractivity contribution < 1.29 is 18.6 Å². The molecule has 2 heterocycles. The lowest BCUT2D eigenvalue weighted by Crippen LogP contribution is -2.35. The summed E-state index contributed by atoms with van der Waals surface area (Å²) in [6, 6.07) is 16.4. The first-order valence-corrected chi connectivity index (χ1v) is 10.2. The van der Waals surface area contributed by atoms with Crippen LogP contribution in [0.4, 0.5) is 4.39 Å². The van der Waals surface area contributed by atoms with Crippen molar-refractivity contribution in [2.45, 2.75) is 12.3 Å². The number of ether oxygens (including phenoxy) is 2. The molecule has 0 saturated heterocycles. The molecule has 1 unspecified atom stereocenters. The molecule has 1 N–H and O–H groups in total. The maximum absolute atomic E-state index is 15.4. The number of aromatic nitrogens is 4. The maximum atomic E-state index is 15.4. The van der Waals surface area contributed by atoms with Gasteiger partial charge in [-0.15, -0.1) is 0 Å². The van der Waals surface area contributed by atoms with E-state index >= 15 is 4.39 Å². The lowest BCUT2D eigenvalue weighted by molar-refractivity contribution is -0.600. The molecule has 2 aromatic carbocycles. The Morgan fingerprint density at radius 3 is 2.62 bits per heavy atom. The van der Waals surface area contributed by atoms with Gasteiger partial charge in [0.15, 0.2) is 17.4 Å². The van der Waals surface area contributed by atoms with Crippen LogP contribution in [0.1, 0.15) is 28.4 Å². The molecule has 4 rings (SSSR count). The molecule has 1 atom stereocenters. The fraction of sp³-hybridized carbons (Fsp3) is 0.167. The first-order chi connectivity index (χ1) is 16.4. The second-order valence-electron chi connectivity index (χ2n) is 7.41. The summed E-state index contributed by atoms with van der Waals surface area (Å²) < 4.78 is 27.4. The van der Waals surface area contributed by atoms with Crippen LogP contribution in [-0.4, -0.2) is 29.0 Å². The third-order valence-corrected chi connectivity index (χ3v) is 5.38. The van der Waals surface area contributed by atoms with E-state index in [-0.39, 0.29) is 29.4 Å². The zero-order valence-corrected chi connectivity index (χ0v) is 18.4. The molecule has 2 aromatic heterocycles. The van der Waals surface area contributed by atoms with Gasteiger partial charge >= 0.3 is 11.5 Å². The number of rotatable bonds is 7. The molecule has 4 aromatic rings. The van der Waals surface area contributed by atoms with E-state index in [2.05, 4.69) is 16.2 Å². The van der Waals surface area contributed by atoms with Crippen molar-refractivity contribution >= 4 is 0 Å². The second-order valence-corrected chi connectivity index (χ2v) is 7.41. The highest BCUT2D eigenvalue weighted by Gasteiger charge is 2.28. The Labute approximate surface area is 193 Å². The number of H-pyrrole nitrogens is 1. The van der Waals surface area contributed by atoms with Crippen molar-refractivity contribution in [2.24, 2.45) is 0 Å². The average molecular weight is 461 g/mol. The molecule has 0 aliphatic heterocycles. The number of hydrogen-bond donors (Lipinski definition) is 1. The van der Waals surface area contributed by atoms with E-state index in [1.807, 2.05) is 0 Å². The topological polar surface area (TPSA) is 120 Å². The third kappa shape index (κ3) is 4.31. The SMILES string of the molecule is COc1cc(OC)c(F)c(C(Cc2ccc(C#N)cc2)c2nn(-c3cccc[n+]3[O-])c(=O)[nH]2)c1. The van der Waals surface area contributed by atoms with E-state index in [9.17, 15) is 10.0 Å². The Kier molecular flexibility index (Phi) is 6.27. The number of nitriles is 1. The van der Waals surface area contributed by atoms with Gasteiger partial charge in [-0.2, -0.15) is 5.26 Å². The van der Waals surface area contributed by atoms with Crippen LogP contribution in [0.25, 0.3) is 5.82 Å². The predicted octanol–water partition coefficient (Wildman–Crippen LogP) is 2.60. The average Bonchev–Trinajstić information content (AvgIpc) is 3.24. The first kappa shape index (κ1) is 22.5. The number of aromatic amines is 1. The van der Waals surface area contributed by atoms with Gasteiger partial charge in [0.05, 0.1) is 38.0 Å². The van der Waals surface area contributed by atoms with Crippen molar-refractivity contribution in [3.63, 3.8) is 0 Å². The van der Waals surface area contributed by atoms with Gasteiger partial charge in [-0.25, -0.2) is 13.9 Å². The predicted molar refractivity (Wildman–Crippen MR) is 119 cm³/mol. The summed E-state index contributed by atoms with van der Waals surface area (Å²) in [7, 11) is 2.79. The summed E-state index contributed by atoms with van der Waals surface area (Å²) in [6.07, 6.45) is 1.48. The maximum Gasteiger partial charge on any atom is 0.440 e. The molecule has 0 bridgehead atoms. The summed E-state index contributed by atoms with van der Waals surface area (Å²) in [4.78, 5) is 15.4. The number of halogens is 1. The van der Waals surface area contributed by atoms with Gasteiger partial charge in [0.2, 0.25) is 0 Å². The quantitative estimate of drug-likeness (QED) is 0.334. The van der Waals surface area contributed by atoms with Crippen LogP contribution in [0.15, 0.2) is 65.6 Å². The molecule has 0 aliphatic rings. The smallest absolute Gasteiger partial charge is 0.440 e. The van der Waals surface area contributed by atoms with Crippen LogP contribution < -0.4 is 19.9 Å². The highest BCUT2D eigenvalue weighted by Crippen LogP contribution is 2.35. The first-order valence-electron chi connectivity index (χ1n) is 10.2. The standard InChI is InChI=1S/C24H20FN5O4/c1-33-17-12-18(22(25)20(13-17)34-2)19(11-15-6-8-16(14-26)9-7-15)23-27-24(31)30(28-23)21-5-3-4-10-29(21)32/h3-10,12-13,19H,11H2,1-2H3,(H,27,28,31). The number of nitrogens with zero attached hydrogens (tertiary/aromatic N) is 4. The van der Waals surface area contributed by atoms with Crippen LogP contribution in [0.5, 0.6) is 11.5 Å². The van der Waals surface area contributed by atoms with Crippen LogP contribution in [0, 0.1) is 22.4 Å². The molecule has 0 amide bonds. The van der Waals surface area contributed by atoms with E-state index in [1.165, 1.54) is 44.7 Å². The summed E-state index contributed by atoms with van der Waals surface area (Å²) >= 11 is 0. The minimum absolute atomic E-state index is 0.00387. The summed E-state index contributed by atoms with van der Waals surface area (Å²) in [6.45, 7) is 0. The molecule has 0 spiro atoms. The van der Waals surface area contributed by atoms with Crippen LogP contribution >= 0.6 is 0 Å². The molecule has 172 valence electrons. The molecule has 0 fully saturated rings. The molecule has 0 aliphatic carbocycles. The van der Waals surface area contributed by atoms with E-state index in [1.54, 1.807) is 30.3 Å². The Morgan fingerprint density at radius 1 is 1.21 bits per heavy atom. The van der Waals surface area contributed by atoms with E-state index in [0.29, 0.717) is 16.0 Å². The molecule has 34 heavy (non-hydrogen) atoms. The van der Waals surface area contributed by atoms with Crippen molar-refractivity contribution in [3.05, 3.63) is 105 Å². The normalized spacial score (nSPS) is 11.6. The Hall–Kier alpha value is -4.65. The molecule has 0 radical (unpaired) electrons. The highest BCUT2D eigenvalue weighted by atomic mass is 19.1. The Balaban J connectivity index is 1.87. The Morgan fingerprint density at radius 2 is 1.97 bits per heavy atom. The van der Waals surface area contributed by atoms with Crippen molar-refractivity contribution in [1.82, 2.24) is 14.8 Å². The van der Waals surface area contributed by atoms with Crippen LogP contribution in [-0.2, 0) is 6.42 Å². The van der Waals surface area contributed by atoms with Gasteiger partial charge in [0.1, 0.15) is 5.75 Å². The number of nitrogens with one attached hydrogen (secondary N) is 1. The lowest BCUT2D eigenvalue weighted by atomic mass is 9.90. The van der Waals surface area contributed by atoms with Crippen LogP contribution in [0.3, 0.4) is 0 Å². The third-order valence-electron chi connectivity index (χ3n) is 5.38. The van der Waals surface area contributed by atoms with Gasteiger partial charge in [0.25, 0.3) is 0 Å². The zero-order valence-electron chi connectivity index (χ0n) is 18.4. The van der Waals surface area contributed by atoms with Gasteiger partial charge in [-0.3, -0.25) is 4.98 Å². The summed E-state index contributed by atoms with van der Waals surface area (Å²) in [5.41, 5.74) is 0.797. The summed E-state index contributed by atoms with van der Waals surface area (Å²) in [5, 5.41) is 25.6. The number of hydrogen-bond acceptors (Lipinski definition) is 6. The fourth-order valence-corrected chi connectivity index (χ4v) is 3.65. The van der Waals surface area contributed by atoms with Crippen LogP contribution in [0.2, 0.25) is 0 Å². The molecule has 10 heteroatoms. The van der Waals surface area contributed by atoms with Gasteiger partial charge < -0.3 is 14.7 Å². The lowest BCUT2D eigenvalue weighted by Gasteiger charge is -2.18.